The molecule has 2 aromatic rings. The summed E-state index contributed by atoms with van der Waals surface area (Å²) in [7, 11) is 0. The minimum atomic E-state index is -1.59. The molecule has 21 heavy (non-hydrogen) atoms. The average molecular weight is 290 g/mol. The Morgan fingerprint density at radius 1 is 1.33 bits per heavy atom. The molecule has 0 amide bonds. The normalized spacial score (nSPS) is 11.4. The van der Waals surface area contributed by atoms with Gasteiger partial charge in [-0.2, -0.15) is 5.10 Å². The first-order chi connectivity index (χ1) is 9.95. The topological polar surface area (TPSA) is 92.4 Å². The second kappa shape index (κ2) is 6.00. The monoisotopic (exact) mass is 290 g/mol. The number of hydrogen-bond acceptors (Lipinski definition) is 4. The van der Waals surface area contributed by atoms with Crippen molar-refractivity contribution in [1.29, 1.82) is 0 Å². The Balaban J connectivity index is 2.13. The van der Waals surface area contributed by atoms with Crippen LogP contribution in [0.2, 0.25) is 0 Å². The van der Waals surface area contributed by atoms with Crippen LogP contribution in [0.4, 0.5) is 4.39 Å². The number of nitrogens with zero attached hydrogens (tertiary/aromatic N) is 2. The molecule has 0 fully saturated rings. The molecule has 1 aromatic carbocycles. The van der Waals surface area contributed by atoms with Gasteiger partial charge in [0.1, 0.15) is 5.82 Å². The minimum Gasteiger partial charge on any atom is -0.502 e. The van der Waals surface area contributed by atoms with Crippen LogP contribution < -0.4 is 0 Å². The smallest absolute Gasteiger partial charge is 0.371 e. The van der Waals surface area contributed by atoms with Crippen LogP contribution in [-0.4, -0.2) is 31.7 Å². The summed E-state index contributed by atoms with van der Waals surface area (Å²) >= 11 is 0. The third kappa shape index (κ3) is 3.75. The Hall–Kier alpha value is -2.96. The van der Waals surface area contributed by atoms with E-state index in [1.165, 1.54) is 29.2 Å². The summed E-state index contributed by atoms with van der Waals surface area (Å²) in [6, 6.07) is 5.94. The summed E-state index contributed by atoms with van der Waals surface area (Å²) in [5.74, 6) is -3.68. The summed E-state index contributed by atoms with van der Waals surface area (Å²) in [5, 5.41) is 21.4. The number of allylic oxidation sites excluding steroid dienone is 1. The van der Waals surface area contributed by atoms with Gasteiger partial charge in [0.2, 0.25) is 5.76 Å². The first-order valence-corrected chi connectivity index (χ1v) is 5.91. The van der Waals surface area contributed by atoms with Crippen LogP contribution in [0.5, 0.6) is 0 Å². The zero-order valence-electron chi connectivity index (χ0n) is 10.7. The largest absolute Gasteiger partial charge is 0.502 e. The Bertz CT molecular complexity index is 721. The molecule has 0 aliphatic rings. The van der Waals surface area contributed by atoms with Gasteiger partial charge in [0.25, 0.3) is 0 Å². The lowest BCUT2D eigenvalue weighted by Crippen LogP contribution is -2.03. The fourth-order valence-corrected chi connectivity index (χ4v) is 1.67. The standard InChI is InChI=1S/C14H11FN2O4/c15-11-3-1-2-9(4-11)7-17-8-10(6-16-17)12(18)5-13(19)14(20)21/h1-6,8,19H,7H2,(H,20,21). The van der Waals surface area contributed by atoms with Crippen molar-refractivity contribution < 1.29 is 24.2 Å². The number of carbonyl (C=O) groups excluding carboxylic acids is 1. The fraction of sp³-hybridized carbons (Fsp3) is 0.0714. The number of benzene rings is 1. The second-order valence-corrected chi connectivity index (χ2v) is 4.26. The average Bonchev–Trinajstić information content (AvgIpc) is 2.87. The fourth-order valence-electron chi connectivity index (χ4n) is 1.67. The van der Waals surface area contributed by atoms with E-state index in [2.05, 4.69) is 5.10 Å². The van der Waals surface area contributed by atoms with E-state index in [0.29, 0.717) is 11.6 Å². The van der Waals surface area contributed by atoms with E-state index < -0.39 is 17.5 Å². The van der Waals surface area contributed by atoms with Gasteiger partial charge in [0.15, 0.2) is 5.78 Å². The summed E-state index contributed by atoms with van der Waals surface area (Å²) in [5.41, 5.74) is 0.792. The van der Waals surface area contributed by atoms with E-state index >= 15 is 0 Å². The molecule has 7 heteroatoms. The quantitative estimate of drug-likeness (QED) is 0.497. The lowest BCUT2D eigenvalue weighted by atomic mass is 10.2. The summed E-state index contributed by atoms with van der Waals surface area (Å²) in [6.45, 7) is 0.264. The van der Waals surface area contributed by atoms with Gasteiger partial charge < -0.3 is 10.2 Å². The molecule has 1 heterocycles. The molecule has 1 aromatic heterocycles. The van der Waals surface area contributed by atoms with Crippen molar-refractivity contribution in [1.82, 2.24) is 9.78 Å². The maximum atomic E-state index is 13.0. The van der Waals surface area contributed by atoms with Crippen molar-refractivity contribution in [3.63, 3.8) is 0 Å². The van der Waals surface area contributed by atoms with Gasteiger partial charge in [0, 0.05) is 12.3 Å². The minimum absolute atomic E-state index is 0.124. The molecule has 6 nitrogen and oxygen atoms in total. The molecular formula is C14H11FN2O4. The zero-order valence-corrected chi connectivity index (χ0v) is 10.7. The molecular weight excluding hydrogens is 279 g/mol. The molecule has 0 saturated carbocycles. The molecule has 0 spiro atoms. The number of aromatic nitrogens is 2. The maximum absolute atomic E-state index is 13.0. The Morgan fingerprint density at radius 2 is 2.10 bits per heavy atom. The Kier molecular flexibility index (Phi) is 4.13. The molecule has 0 radical (unpaired) electrons. The molecule has 0 aliphatic heterocycles. The predicted octanol–water partition coefficient (Wildman–Crippen LogP) is 1.78. The van der Waals surface area contributed by atoms with Gasteiger partial charge in [-0.1, -0.05) is 12.1 Å². The van der Waals surface area contributed by atoms with Crippen LogP contribution in [0, 0.1) is 5.82 Å². The molecule has 108 valence electrons. The van der Waals surface area contributed by atoms with Crippen LogP contribution in [-0.2, 0) is 11.3 Å². The van der Waals surface area contributed by atoms with Crippen LogP contribution in [0.3, 0.4) is 0 Å². The van der Waals surface area contributed by atoms with Crippen molar-refractivity contribution in [2.45, 2.75) is 6.54 Å². The van der Waals surface area contributed by atoms with E-state index in [-0.39, 0.29) is 17.9 Å². The van der Waals surface area contributed by atoms with Gasteiger partial charge in [-0.3, -0.25) is 9.48 Å². The number of aliphatic hydroxyl groups is 1. The molecule has 0 saturated heterocycles. The highest BCUT2D eigenvalue weighted by atomic mass is 19.1. The van der Waals surface area contributed by atoms with Crippen molar-refractivity contribution in [3.05, 3.63) is 65.4 Å². The summed E-state index contributed by atoms with van der Waals surface area (Å²) in [4.78, 5) is 22.1. The van der Waals surface area contributed by atoms with Crippen LogP contribution in [0.1, 0.15) is 15.9 Å². The maximum Gasteiger partial charge on any atom is 0.371 e. The van der Waals surface area contributed by atoms with E-state index in [9.17, 15) is 14.0 Å². The number of carboxylic acid groups (broad SMARTS) is 1. The highest BCUT2D eigenvalue weighted by Crippen LogP contribution is 2.08. The van der Waals surface area contributed by atoms with Crippen molar-refractivity contribution in [2.75, 3.05) is 0 Å². The number of ketones is 1. The summed E-state index contributed by atoms with van der Waals surface area (Å²) in [6.07, 6.45) is 3.23. The molecule has 2 N–H and O–H groups in total. The second-order valence-electron chi connectivity index (χ2n) is 4.26. The van der Waals surface area contributed by atoms with E-state index in [1.807, 2.05) is 0 Å². The van der Waals surface area contributed by atoms with Gasteiger partial charge in [-0.15, -0.1) is 0 Å². The van der Waals surface area contributed by atoms with Crippen molar-refractivity contribution in [2.24, 2.45) is 0 Å². The lowest BCUT2D eigenvalue weighted by molar-refractivity contribution is -0.135. The van der Waals surface area contributed by atoms with E-state index in [4.69, 9.17) is 10.2 Å². The number of aliphatic carboxylic acids is 1. The molecule has 0 atom stereocenters. The third-order valence-corrected chi connectivity index (χ3v) is 2.64. The van der Waals surface area contributed by atoms with Gasteiger partial charge >= 0.3 is 5.97 Å². The van der Waals surface area contributed by atoms with Crippen molar-refractivity contribution in [3.8, 4) is 0 Å². The van der Waals surface area contributed by atoms with Crippen LogP contribution in [0.15, 0.2) is 48.5 Å². The highest BCUT2D eigenvalue weighted by Gasteiger charge is 2.11. The lowest BCUT2D eigenvalue weighted by Gasteiger charge is -2.01. The Morgan fingerprint density at radius 3 is 2.76 bits per heavy atom. The predicted molar refractivity (Wildman–Crippen MR) is 70.4 cm³/mol. The number of carbonyl (C=O) groups is 2. The molecule has 2 rings (SSSR count). The number of aliphatic hydroxyl groups excluding tert-OH is 1. The van der Waals surface area contributed by atoms with Crippen molar-refractivity contribution >= 4 is 11.8 Å². The number of carboxylic acids is 1. The van der Waals surface area contributed by atoms with Crippen LogP contribution in [0.25, 0.3) is 0 Å². The molecule has 0 bridgehead atoms. The van der Waals surface area contributed by atoms with Crippen LogP contribution >= 0.6 is 0 Å². The highest BCUT2D eigenvalue weighted by molar-refractivity contribution is 6.07. The SMILES string of the molecule is O=C(O)C(O)=CC(=O)c1cnn(Cc2cccc(F)c2)c1. The van der Waals surface area contributed by atoms with E-state index in [1.54, 1.807) is 12.1 Å². The van der Waals surface area contributed by atoms with Gasteiger partial charge in [-0.05, 0) is 17.7 Å². The first-order valence-electron chi connectivity index (χ1n) is 5.91. The summed E-state index contributed by atoms with van der Waals surface area (Å²) < 4.78 is 14.5. The number of halogens is 1. The van der Waals surface area contributed by atoms with Gasteiger partial charge in [-0.25, -0.2) is 9.18 Å². The number of rotatable bonds is 5. The molecule has 0 aliphatic carbocycles. The third-order valence-electron chi connectivity index (χ3n) is 2.64. The first kappa shape index (κ1) is 14.4. The van der Waals surface area contributed by atoms with E-state index in [0.717, 1.165) is 0 Å². The van der Waals surface area contributed by atoms with Gasteiger partial charge in [0.05, 0.1) is 18.3 Å². The number of hydrogen-bond donors (Lipinski definition) is 2. The Labute approximate surface area is 118 Å². The molecule has 0 unspecified atom stereocenters. The zero-order chi connectivity index (χ0) is 15.4.